The van der Waals surface area contributed by atoms with Gasteiger partial charge in [-0.1, -0.05) is 44.2 Å². The Labute approximate surface area is 324 Å². The lowest BCUT2D eigenvalue weighted by atomic mass is 9.89. The largest absolute Gasteiger partial charge is 0.506 e. The van der Waals surface area contributed by atoms with Gasteiger partial charge in [-0.2, -0.15) is 0 Å². The fraction of sp³-hybridized carbons (Fsp3) is 0.512. The monoisotopic (exact) mass is 754 g/mol. The number of aromatic hydroxyl groups is 1. The van der Waals surface area contributed by atoms with Gasteiger partial charge in [0.2, 0.25) is 11.5 Å². The standard InChI is InChI=1S/C43H58N6O6/c1-4-48(21-18-44-28-38(51)35-8-10-37(50)42-36(35)9-11-40(52)46-42)41(53)14-24-54-23-13-32-6-5-7-33(26-32)29-47-19-15-43(16-20-47)30-49(22-25-55-43)39-27-34(31(2)3)12-17-45-39/h5-12,17,26-27,31,38,44,50-51H,4,13-16,18-25,28-30H2,1-3H3,(H,46,52). The second-order valence-corrected chi connectivity index (χ2v) is 15.2. The number of likely N-dealkylation sites (tertiary alicyclic amines) is 1. The molecule has 1 spiro atoms. The minimum Gasteiger partial charge on any atom is -0.506 e. The number of pyridine rings is 2. The van der Waals surface area contributed by atoms with Gasteiger partial charge in [0, 0.05) is 76.6 Å². The molecule has 12 heteroatoms. The lowest BCUT2D eigenvalue weighted by molar-refractivity contribution is -0.132. The third-order valence-corrected chi connectivity index (χ3v) is 11.1. The fourth-order valence-electron chi connectivity index (χ4n) is 7.75. The van der Waals surface area contributed by atoms with Gasteiger partial charge in [0.15, 0.2) is 0 Å². The summed E-state index contributed by atoms with van der Waals surface area (Å²) in [6.45, 7) is 14.6. The number of amides is 1. The molecule has 4 heterocycles. The predicted octanol–water partition coefficient (Wildman–Crippen LogP) is 4.74. The van der Waals surface area contributed by atoms with Crippen molar-refractivity contribution in [2.45, 2.75) is 70.6 Å². The highest BCUT2D eigenvalue weighted by molar-refractivity contribution is 5.87. The zero-order valence-corrected chi connectivity index (χ0v) is 32.6. The smallest absolute Gasteiger partial charge is 0.248 e. The summed E-state index contributed by atoms with van der Waals surface area (Å²) >= 11 is 0. The van der Waals surface area contributed by atoms with Gasteiger partial charge in [-0.15, -0.1) is 0 Å². The lowest BCUT2D eigenvalue weighted by Crippen LogP contribution is -2.57. The van der Waals surface area contributed by atoms with Crippen LogP contribution in [0.15, 0.2) is 71.7 Å². The number of likely N-dealkylation sites (N-methyl/N-ethyl adjacent to an activating group) is 1. The van der Waals surface area contributed by atoms with E-state index in [2.05, 4.69) is 70.3 Å². The maximum atomic E-state index is 12.9. The molecule has 2 aromatic carbocycles. The first-order valence-electron chi connectivity index (χ1n) is 19.9. The van der Waals surface area contributed by atoms with Crippen molar-refractivity contribution in [3.63, 3.8) is 0 Å². The van der Waals surface area contributed by atoms with Crippen LogP contribution in [0.5, 0.6) is 5.75 Å². The first-order chi connectivity index (χ1) is 26.6. The molecule has 296 valence electrons. The number of aromatic amines is 1. The van der Waals surface area contributed by atoms with E-state index in [1.165, 1.54) is 28.8 Å². The number of carbonyl (C=O) groups is 1. The van der Waals surface area contributed by atoms with Crippen LogP contribution in [0.25, 0.3) is 10.9 Å². The van der Waals surface area contributed by atoms with Gasteiger partial charge in [-0.3, -0.25) is 14.5 Å². The molecule has 6 rings (SSSR count). The average molecular weight is 755 g/mol. The Balaban J connectivity index is 0.871. The minimum atomic E-state index is -0.855. The van der Waals surface area contributed by atoms with Crippen LogP contribution in [0.4, 0.5) is 5.82 Å². The van der Waals surface area contributed by atoms with Crippen molar-refractivity contribution in [2.75, 3.05) is 77.1 Å². The molecule has 2 saturated heterocycles. The van der Waals surface area contributed by atoms with Crippen molar-refractivity contribution < 1.29 is 24.5 Å². The van der Waals surface area contributed by atoms with Crippen LogP contribution in [-0.2, 0) is 27.2 Å². The Kier molecular flexibility index (Phi) is 13.9. The Bertz CT molecular complexity index is 1930. The van der Waals surface area contributed by atoms with Crippen molar-refractivity contribution in [3.05, 3.63) is 99.5 Å². The highest BCUT2D eigenvalue weighted by atomic mass is 16.5. The molecule has 0 aliphatic carbocycles. The van der Waals surface area contributed by atoms with Crippen LogP contribution in [0.2, 0.25) is 0 Å². The maximum Gasteiger partial charge on any atom is 0.248 e. The number of phenols is 1. The molecule has 4 N–H and O–H groups in total. The van der Waals surface area contributed by atoms with Crippen molar-refractivity contribution in [2.24, 2.45) is 0 Å². The number of piperidine rings is 1. The number of rotatable bonds is 17. The average Bonchev–Trinajstić information content (AvgIpc) is 3.19. The van der Waals surface area contributed by atoms with E-state index in [0.29, 0.717) is 61.7 Å². The summed E-state index contributed by atoms with van der Waals surface area (Å²) < 4.78 is 12.4. The molecular formula is C43H58N6O6. The van der Waals surface area contributed by atoms with Crippen molar-refractivity contribution >= 4 is 22.6 Å². The van der Waals surface area contributed by atoms with Crippen LogP contribution >= 0.6 is 0 Å². The number of carbonyl (C=O) groups excluding carboxylic acids is 1. The van der Waals surface area contributed by atoms with Crippen molar-refractivity contribution in [3.8, 4) is 5.75 Å². The third-order valence-electron chi connectivity index (χ3n) is 11.1. The zero-order valence-electron chi connectivity index (χ0n) is 32.6. The van der Waals surface area contributed by atoms with E-state index in [-0.39, 0.29) is 29.4 Å². The molecule has 2 aliphatic rings. The number of H-pyrrole nitrogens is 1. The van der Waals surface area contributed by atoms with Crippen LogP contribution in [0, 0.1) is 0 Å². The van der Waals surface area contributed by atoms with E-state index < -0.39 is 6.10 Å². The number of hydrogen-bond acceptors (Lipinski definition) is 10. The number of hydrogen-bond donors (Lipinski definition) is 4. The number of aliphatic hydroxyl groups is 1. The van der Waals surface area contributed by atoms with Gasteiger partial charge in [-0.05, 0) is 78.6 Å². The first kappa shape index (κ1) is 40.3. The highest BCUT2D eigenvalue weighted by Gasteiger charge is 2.40. The topological polar surface area (TPSA) is 143 Å². The molecule has 2 aromatic heterocycles. The number of anilines is 1. The number of benzene rings is 2. The third kappa shape index (κ3) is 10.7. The number of fused-ring (bicyclic) bond motifs is 1. The van der Waals surface area contributed by atoms with E-state index in [1.807, 2.05) is 13.1 Å². The molecule has 0 saturated carbocycles. The maximum absolute atomic E-state index is 12.9. The summed E-state index contributed by atoms with van der Waals surface area (Å²) in [5, 5.41) is 24.7. The Hall–Kier alpha value is -4.33. The van der Waals surface area contributed by atoms with Gasteiger partial charge < -0.3 is 39.8 Å². The van der Waals surface area contributed by atoms with Crippen molar-refractivity contribution in [1.82, 2.24) is 25.1 Å². The molecule has 0 bridgehead atoms. The van der Waals surface area contributed by atoms with E-state index >= 15 is 0 Å². The van der Waals surface area contributed by atoms with E-state index in [9.17, 15) is 19.8 Å². The molecule has 1 atom stereocenters. The van der Waals surface area contributed by atoms with E-state index in [1.54, 1.807) is 17.0 Å². The SMILES string of the molecule is CCN(CCNCC(O)c1ccc(O)c2[nH]c(=O)ccc12)C(=O)CCOCCc1cccc(CN2CCC3(CC2)CN(c2cc(C(C)C)ccn2)CCO3)c1. The van der Waals surface area contributed by atoms with Gasteiger partial charge in [-0.25, -0.2) is 4.98 Å². The quantitative estimate of drug-likeness (QED) is 0.112. The normalized spacial score (nSPS) is 16.6. The first-order valence-corrected chi connectivity index (χ1v) is 19.9. The van der Waals surface area contributed by atoms with Crippen LogP contribution in [0.1, 0.15) is 74.3 Å². The number of aliphatic hydroxyl groups excluding tert-OH is 1. The number of aromatic nitrogens is 2. The van der Waals surface area contributed by atoms with Gasteiger partial charge in [0.05, 0.1) is 43.5 Å². The molecule has 4 aromatic rings. The van der Waals surface area contributed by atoms with Crippen LogP contribution in [0.3, 0.4) is 0 Å². The highest BCUT2D eigenvalue weighted by Crippen LogP contribution is 2.33. The lowest BCUT2D eigenvalue weighted by Gasteiger charge is -2.47. The van der Waals surface area contributed by atoms with Crippen molar-refractivity contribution in [1.29, 1.82) is 0 Å². The second kappa shape index (κ2) is 19.0. The van der Waals surface area contributed by atoms with Crippen LogP contribution < -0.4 is 15.8 Å². The Morgan fingerprint density at radius 2 is 1.89 bits per heavy atom. The number of morpholine rings is 1. The number of phenolic OH excluding ortho intramolecular Hbond substituents is 1. The summed E-state index contributed by atoms with van der Waals surface area (Å²) in [6.07, 6.45) is 4.21. The molecule has 2 fully saturated rings. The minimum absolute atomic E-state index is 0.0342. The second-order valence-electron chi connectivity index (χ2n) is 15.2. The number of nitrogens with zero attached hydrogens (tertiary/aromatic N) is 4. The molecule has 2 aliphatic heterocycles. The Morgan fingerprint density at radius 3 is 2.69 bits per heavy atom. The van der Waals surface area contributed by atoms with Gasteiger partial charge in [0.1, 0.15) is 11.6 Å². The molecular weight excluding hydrogens is 697 g/mol. The summed E-state index contributed by atoms with van der Waals surface area (Å²) in [4.78, 5) is 38.7. The summed E-state index contributed by atoms with van der Waals surface area (Å²) in [5.41, 5.74) is 4.32. The molecule has 55 heavy (non-hydrogen) atoms. The Morgan fingerprint density at radius 1 is 1.07 bits per heavy atom. The zero-order chi connectivity index (χ0) is 38.8. The fourth-order valence-corrected chi connectivity index (χ4v) is 7.75. The number of nitrogens with one attached hydrogen (secondary N) is 2. The van der Waals surface area contributed by atoms with E-state index in [0.717, 1.165) is 64.4 Å². The predicted molar refractivity (Wildman–Crippen MR) is 216 cm³/mol. The molecule has 1 unspecified atom stereocenters. The summed E-state index contributed by atoms with van der Waals surface area (Å²) in [5.74, 6) is 1.53. The summed E-state index contributed by atoms with van der Waals surface area (Å²) in [6, 6.07) is 19.2. The van der Waals surface area contributed by atoms with E-state index in [4.69, 9.17) is 14.5 Å². The van der Waals surface area contributed by atoms with Crippen LogP contribution in [-0.4, -0.2) is 114 Å². The number of ether oxygens (including phenoxy) is 2. The molecule has 12 nitrogen and oxygen atoms in total. The van der Waals surface area contributed by atoms with Gasteiger partial charge in [0.25, 0.3) is 0 Å². The van der Waals surface area contributed by atoms with Gasteiger partial charge >= 0.3 is 0 Å². The molecule has 0 radical (unpaired) electrons. The molecule has 1 amide bonds. The summed E-state index contributed by atoms with van der Waals surface area (Å²) in [7, 11) is 0.